The van der Waals surface area contributed by atoms with Gasteiger partial charge in [0.05, 0.1) is 6.10 Å². The SMILES string of the molecule is CC(=O)OC1CC[C@H]2[C@@H]3CC(F)=C4C[C@@H](O)CC[C@]4(C)[C@H]3CC[C@]12C. The van der Waals surface area contributed by atoms with Crippen molar-refractivity contribution in [2.24, 2.45) is 28.6 Å². The molecule has 0 spiro atoms. The van der Waals surface area contributed by atoms with E-state index in [1.807, 2.05) is 0 Å². The van der Waals surface area contributed by atoms with Gasteiger partial charge in [0, 0.05) is 18.8 Å². The molecule has 0 aromatic rings. The fourth-order valence-electron chi connectivity index (χ4n) is 7.06. The molecule has 0 saturated heterocycles. The summed E-state index contributed by atoms with van der Waals surface area (Å²) in [5, 5.41) is 10.0. The first kappa shape index (κ1) is 17.5. The minimum Gasteiger partial charge on any atom is -0.462 e. The summed E-state index contributed by atoms with van der Waals surface area (Å²) in [5.41, 5.74) is 0.813. The molecule has 25 heavy (non-hydrogen) atoms. The third kappa shape index (κ3) is 2.50. The van der Waals surface area contributed by atoms with Crippen molar-refractivity contribution >= 4 is 5.97 Å². The van der Waals surface area contributed by atoms with Gasteiger partial charge in [-0.1, -0.05) is 13.8 Å². The van der Waals surface area contributed by atoms with Gasteiger partial charge in [0.25, 0.3) is 0 Å². The smallest absolute Gasteiger partial charge is 0.302 e. The first-order valence-corrected chi connectivity index (χ1v) is 9.99. The molecule has 4 heteroatoms. The van der Waals surface area contributed by atoms with Crippen LogP contribution in [0.2, 0.25) is 0 Å². The number of fused-ring (bicyclic) bond motifs is 5. The average Bonchev–Trinajstić information content (AvgIpc) is 2.86. The van der Waals surface area contributed by atoms with E-state index < -0.39 is 0 Å². The molecular formula is C21H31FO3. The zero-order valence-electron chi connectivity index (χ0n) is 15.7. The number of carbonyl (C=O) groups excluding carboxylic acids is 1. The molecule has 3 nitrogen and oxygen atoms in total. The first-order chi connectivity index (χ1) is 11.8. The quantitative estimate of drug-likeness (QED) is 0.706. The van der Waals surface area contributed by atoms with Gasteiger partial charge in [0.1, 0.15) is 11.9 Å². The zero-order valence-corrected chi connectivity index (χ0v) is 15.7. The lowest BCUT2D eigenvalue weighted by Gasteiger charge is -2.57. The van der Waals surface area contributed by atoms with Gasteiger partial charge in [-0.15, -0.1) is 0 Å². The summed E-state index contributed by atoms with van der Waals surface area (Å²) in [6, 6.07) is 0. The van der Waals surface area contributed by atoms with Gasteiger partial charge in [0.2, 0.25) is 0 Å². The summed E-state index contributed by atoms with van der Waals surface area (Å²) in [6.45, 7) is 6.00. The fraction of sp³-hybridized carbons (Fsp3) is 0.857. The Morgan fingerprint density at radius 3 is 2.60 bits per heavy atom. The second-order valence-electron chi connectivity index (χ2n) is 9.50. The normalized spacial score (nSPS) is 49.2. The van der Waals surface area contributed by atoms with Crippen molar-refractivity contribution in [1.82, 2.24) is 0 Å². The summed E-state index contributed by atoms with van der Waals surface area (Å²) in [6.07, 6.45) is 6.43. The molecule has 0 amide bonds. The molecule has 1 N–H and O–H groups in total. The van der Waals surface area contributed by atoms with Crippen molar-refractivity contribution in [2.75, 3.05) is 0 Å². The molecule has 0 aromatic carbocycles. The highest BCUT2D eigenvalue weighted by Gasteiger charge is 2.60. The van der Waals surface area contributed by atoms with Crippen LogP contribution < -0.4 is 0 Å². The van der Waals surface area contributed by atoms with E-state index in [-0.39, 0.29) is 34.8 Å². The van der Waals surface area contributed by atoms with Crippen LogP contribution in [0.15, 0.2) is 11.4 Å². The average molecular weight is 350 g/mol. The number of rotatable bonds is 1. The predicted octanol–water partition coefficient (Wildman–Crippen LogP) is 4.54. The molecule has 140 valence electrons. The van der Waals surface area contributed by atoms with Gasteiger partial charge in [-0.3, -0.25) is 4.79 Å². The molecule has 3 fully saturated rings. The first-order valence-electron chi connectivity index (χ1n) is 9.99. The maximum absolute atomic E-state index is 15.1. The number of halogens is 1. The van der Waals surface area contributed by atoms with E-state index in [9.17, 15) is 9.90 Å². The van der Waals surface area contributed by atoms with Crippen LogP contribution >= 0.6 is 0 Å². The van der Waals surface area contributed by atoms with Crippen molar-refractivity contribution in [3.05, 3.63) is 11.4 Å². The molecule has 0 heterocycles. The topological polar surface area (TPSA) is 46.5 Å². The minimum atomic E-state index is -0.376. The van der Waals surface area contributed by atoms with Crippen molar-refractivity contribution in [3.8, 4) is 0 Å². The number of ether oxygens (including phenoxy) is 1. The molecule has 0 radical (unpaired) electrons. The number of aliphatic hydroxyl groups excluding tert-OH is 1. The summed E-state index contributed by atoms with van der Waals surface area (Å²) in [4.78, 5) is 11.5. The number of allylic oxidation sites excluding steroid dienone is 1. The Kier molecular flexibility index (Phi) is 4.06. The van der Waals surface area contributed by atoms with Crippen molar-refractivity contribution in [3.63, 3.8) is 0 Å². The number of hydrogen-bond donors (Lipinski definition) is 1. The summed E-state index contributed by atoms with van der Waals surface area (Å²) < 4.78 is 20.7. The summed E-state index contributed by atoms with van der Waals surface area (Å²) >= 11 is 0. The van der Waals surface area contributed by atoms with E-state index in [0.717, 1.165) is 44.1 Å². The number of carbonyl (C=O) groups is 1. The van der Waals surface area contributed by atoms with Crippen LogP contribution in [0.3, 0.4) is 0 Å². The van der Waals surface area contributed by atoms with E-state index in [4.69, 9.17) is 4.74 Å². The van der Waals surface area contributed by atoms with Crippen molar-refractivity contribution in [2.45, 2.75) is 84.3 Å². The molecule has 7 atom stereocenters. The molecule has 1 unspecified atom stereocenters. The van der Waals surface area contributed by atoms with Crippen LogP contribution in [-0.2, 0) is 9.53 Å². The summed E-state index contributed by atoms with van der Waals surface area (Å²) in [7, 11) is 0. The Labute approximate surface area is 150 Å². The maximum Gasteiger partial charge on any atom is 0.302 e. The molecule has 3 saturated carbocycles. The Balaban J connectivity index is 1.66. The highest BCUT2D eigenvalue weighted by atomic mass is 19.1. The highest BCUT2D eigenvalue weighted by Crippen LogP contribution is 2.66. The monoisotopic (exact) mass is 350 g/mol. The van der Waals surface area contributed by atoms with Gasteiger partial charge in [-0.2, -0.15) is 0 Å². The molecule has 4 aliphatic carbocycles. The standard InChI is InChI=1S/C21H31FO3/c1-12(23)25-19-5-4-15-14-11-18(22)17-10-13(24)6-8-20(17,2)16(14)7-9-21(15,19)3/h13-16,19,24H,4-11H2,1-3H3/t13-,14-,15-,16-,19?,20+,21-/m0/s1. The molecular weight excluding hydrogens is 319 g/mol. The Hall–Kier alpha value is -0.900. The van der Waals surface area contributed by atoms with Gasteiger partial charge in [-0.25, -0.2) is 4.39 Å². The zero-order chi connectivity index (χ0) is 18.0. The lowest BCUT2D eigenvalue weighted by atomic mass is 9.47. The maximum atomic E-state index is 15.1. The van der Waals surface area contributed by atoms with Crippen LogP contribution in [0, 0.1) is 28.6 Å². The molecule has 0 aliphatic heterocycles. The largest absolute Gasteiger partial charge is 0.462 e. The van der Waals surface area contributed by atoms with Gasteiger partial charge in [-0.05, 0) is 73.7 Å². The van der Waals surface area contributed by atoms with Crippen LogP contribution in [0.4, 0.5) is 4.39 Å². The van der Waals surface area contributed by atoms with E-state index >= 15 is 4.39 Å². The number of aliphatic hydroxyl groups is 1. The van der Waals surface area contributed by atoms with Crippen molar-refractivity contribution < 1.29 is 19.0 Å². The predicted molar refractivity (Wildman–Crippen MR) is 93.3 cm³/mol. The second kappa shape index (κ2) is 5.80. The molecule has 4 rings (SSSR count). The van der Waals surface area contributed by atoms with Crippen LogP contribution in [0.1, 0.15) is 72.1 Å². The third-order valence-corrected chi connectivity index (χ3v) is 8.35. The van der Waals surface area contributed by atoms with Crippen molar-refractivity contribution in [1.29, 1.82) is 0 Å². The fourth-order valence-corrected chi connectivity index (χ4v) is 7.06. The van der Waals surface area contributed by atoms with Gasteiger partial charge >= 0.3 is 5.97 Å². The third-order valence-electron chi connectivity index (χ3n) is 8.35. The number of esters is 1. The Bertz CT molecular complexity index is 614. The van der Waals surface area contributed by atoms with Crippen LogP contribution in [-0.4, -0.2) is 23.3 Å². The van der Waals surface area contributed by atoms with E-state index in [2.05, 4.69) is 13.8 Å². The van der Waals surface area contributed by atoms with Crippen LogP contribution in [0.5, 0.6) is 0 Å². The lowest BCUT2D eigenvalue weighted by molar-refractivity contribution is -0.157. The highest BCUT2D eigenvalue weighted by molar-refractivity contribution is 5.66. The second-order valence-corrected chi connectivity index (χ2v) is 9.50. The summed E-state index contributed by atoms with van der Waals surface area (Å²) in [5.74, 6) is 1.14. The number of hydrogen-bond acceptors (Lipinski definition) is 3. The Morgan fingerprint density at radius 1 is 1.12 bits per heavy atom. The molecule has 0 bridgehead atoms. The molecule has 4 aliphatic rings. The van der Waals surface area contributed by atoms with E-state index in [1.165, 1.54) is 6.92 Å². The lowest BCUT2D eigenvalue weighted by Crippen LogP contribution is -2.52. The van der Waals surface area contributed by atoms with E-state index in [1.54, 1.807) is 0 Å². The molecule has 0 aromatic heterocycles. The van der Waals surface area contributed by atoms with Crippen LogP contribution in [0.25, 0.3) is 0 Å². The van der Waals surface area contributed by atoms with Gasteiger partial charge < -0.3 is 9.84 Å². The van der Waals surface area contributed by atoms with E-state index in [0.29, 0.717) is 30.6 Å². The Morgan fingerprint density at radius 2 is 1.88 bits per heavy atom. The van der Waals surface area contributed by atoms with Gasteiger partial charge in [0.15, 0.2) is 0 Å². The minimum absolute atomic E-state index is 0.00480.